The van der Waals surface area contributed by atoms with E-state index in [1.54, 1.807) is 4.90 Å². The predicted molar refractivity (Wildman–Crippen MR) is 76.6 cm³/mol. The normalized spacial score (nSPS) is 13.2. The minimum atomic E-state index is -0.488. The Labute approximate surface area is 110 Å². The molecule has 1 amide bonds. The minimum Gasteiger partial charge on any atom is -0.319 e. The number of carbonyl (C=O) groups excluding carboxylic acids is 1. The molecule has 0 aliphatic heterocycles. The molecule has 0 fully saturated rings. The van der Waals surface area contributed by atoms with Gasteiger partial charge in [0.05, 0.1) is 6.04 Å². The summed E-state index contributed by atoms with van der Waals surface area (Å²) in [5, 5.41) is 0. The molecule has 1 rings (SSSR count). The molecule has 1 atom stereocenters. The maximum Gasteiger partial charge on any atom is 0.244 e. The monoisotopic (exact) mass is 248 g/mol. The fourth-order valence-corrected chi connectivity index (χ4v) is 1.80. The first-order valence-electron chi connectivity index (χ1n) is 6.41. The van der Waals surface area contributed by atoms with E-state index in [0.717, 1.165) is 11.3 Å². The highest BCUT2D eigenvalue weighted by molar-refractivity contribution is 5.97. The van der Waals surface area contributed by atoms with Crippen LogP contribution in [0.1, 0.15) is 33.3 Å². The molecule has 0 aliphatic carbocycles. The topological polar surface area (TPSA) is 46.3 Å². The van der Waals surface area contributed by atoms with E-state index < -0.39 is 6.04 Å². The SMILES string of the molecule is CCN(C(=O)C(N)C(C)(C)C)c1cccc(C)c1. The Morgan fingerprint density at radius 2 is 2.00 bits per heavy atom. The molecule has 3 heteroatoms. The van der Waals surface area contributed by atoms with E-state index in [1.165, 1.54) is 0 Å². The van der Waals surface area contributed by atoms with Crippen LogP contribution in [-0.4, -0.2) is 18.5 Å². The Bertz CT molecular complexity index is 421. The zero-order chi connectivity index (χ0) is 13.9. The molecule has 0 saturated carbocycles. The summed E-state index contributed by atoms with van der Waals surface area (Å²) in [6.07, 6.45) is 0. The number of anilines is 1. The standard InChI is InChI=1S/C15H24N2O/c1-6-17(12-9-7-8-11(2)10-12)14(18)13(16)15(3,4)5/h7-10,13H,6,16H2,1-5H3. The molecule has 0 aliphatic rings. The van der Waals surface area contributed by atoms with Gasteiger partial charge in [0.25, 0.3) is 0 Å². The first kappa shape index (κ1) is 14.7. The lowest BCUT2D eigenvalue weighted by Crippen LogP contribution is -2.50. The summed E-state index contributed by atoms with van der Waals surface area (Å²) >= 11 is 0. The van der Waals surface area contributed by atoms with Crippen LogP contribution in [0.25, 0.3) is 0 Å². The van der Waals surface area contributed by atoms with Crippen LogP contribution < -0.4 is 10.6 Å². The van der Waals surface area contributed by atoms with Gasteiger partial charge in [0.1, 0.15) is 0 Å². The first-order chi connectivity index (χ1) is 8.27. The molecule has 18 heavy (non-hydrogen) atoms. The Hall–Kier alpha value is -1.35. The zero-order valence-electron chi connectivity index (χ0n) is 12.0. The molecular formula is C15H24N2O. The average molecular weight is 248 g/mol. The van der Waals surface area contributed by atoms with Crippen molar-refractivity contribution in [2.75, 3.05) is 11.4 Å². The lowest BCUT2D eigenvalue weighted by Gasteiger charge is -2.31. The van der Waals surface area contributed by atoms with E-state index in [1.807, 2.05) is 58.9 Å². The van der Waals surface area contributed by atoms with Gasteiger partial charge in [-0.15, -0.1) is 0 Å². The summed E-state index contributed by atoms with van der Waals surface area (Å²) in [7, 11) is 0. The van der Waals surface area contributed by atoms with Crippen molar-refractivity contribution in [2.24, 2.45) is 11.1 Å². The fraction of sp³-hybridized carbons (Fsp3) is 0.533. The summed E-state index contributed by atoms with van der Waals surface area (Å²) in [6.45, 7) is 10.6. The van der Waals surface area contributed by atoms with Crippen molar-refractivity contribution < 1.29 is 4.79 Å². The van der Waals surface area contributed by atoms with Gasteiger partial charge in [0.15, 0.2) is 0 Å². The number of aryl methyl sites for hydroxylation is 1. The number of hydrogen-bond donors (Lipinski definition) is 1. The van der Waals surface area contributed by atoms with Crippen molar-refractivity contribution in [2.45, 2.75) is 40.7 Å². The molecule has 0 spiro atoms. The number of nitrogens with two attached hydrogens (primary N) is 1. The van der Waals surface area contributed by atoms with E-state index in [-0.39, 0.29) is 11.3 Å². The molecule has 100 valence electrons. The van der Waals surface area contributed by atoms with Crippen LogP contribution >= 0.6 is 0 Å². The Morgan fingerprint density at radius 1 is 1.39 bits per heavy atom. The van der Waals surface area contributed by atoms with Crippen LogP contribution in [0, 0.1) is 12.3 Å². The third-order valence-corrected chi connectivity index (χ3v) is 3.09. The number of amides is 1. The van der Waals surface area contributed by atoms with Crippen molar-refractivity contribution in [3.63, 3.8) is 0 Å². The second-order valence-corrected chi connectivity index (χ2v) is 5.77. The molecule has 1 aromatic rings. The highest BCUT2D eigenvalue weighted by Gasteiger charge is 2.31. The predicted octanol–water partition coefficient (Wildman–Crippen LogP) is 2.72. The molecule has 0 radical (unpaired) electrons. The van der Waals surface area contributed by atoms with Gasteiger partial charge < -0.3 is 10.6 Å². The van der Waals surface area contributed by atoms with Crippen molar-refractivity contribution >= 4 is 11.6 Å². The summed E-state index contributed by atoms with van der Waals surface area (Å²) in [4.78, 5) is 14.2. The molecule has 0 heterocycles. The van der Waals surface area contributed by atoms with Crippen LogP contribution in [0.15, 0.2) is 24.3 Å². The molecule has 1 unspecified atom stereocenters. The second-order valence-electron chi connectivity index (χ2n) is 5.77. The van der Waals surface area contributed by atoms with E-state index in [0.29, 0.717) is 6.54 Å². The lowest BCUT2D eigenvalue weighted by molar-refractivity contribution is -0.121. The molecule has 2 N–H and O–H groups in total. The molecule has 0 aromatic heterocycles. The van der Waals surface area contributed by atoms with E-state index in [2.05, 4.69) is 0 Å². The maximum atomic E-state index is 12.4. The number of rotatable bonds is 3. The Balaban J connectivity index is 3.01. The van der Waals surface area contributed by atoms with Gasteiger partial charge in [-0.2, -0.15) is 0 Å². The third-order valence-electron chi connectivity index (χ3n) is 3.09. The number of likely N-dealkylation sites (N-methyl/N-ethyl adjacent to an activating group) is 1. The summed E-state index contributed by atoms with van der Waals surface area (Å²) in [5.41, 5.74) is 7.89. The van der Waals surface area contributed by atoms with Gasteiger partial charge in [-0.3, -0.25) is 4.79 Å². The van der Waals surface area contributed by atoms with Crippen LogP contribution in [0.5, 0.6) is 0 Å². The molecule has 0 bridgehead atoms. The van der Waals surface area contributed by atoms with E-state index in [4.69, 9.17) is 5.73 Å². The smallest absolute Gasteiger partial charge is 0.244 e. The first-order valence-corrected chi connectivity index (χ1v) is 6.41. The highest BCUT2D eigenvalue weighted by Crippen LogP contribution is 2.23. The second kappa shape index (κ2) is 5.53. The van der Waals surface area contributed by atoms with Gasteiger partial charge in [-0.05, 0) is 37.0 Å². The number of benzene rings is 1. The van der Waals surface area contributed by atoms with Crippen molar-refractivity contribution in [1.82, 2.24) is 0 Å². The van der Waals surface area contributed by atoms with E-state index >= 15 is 0 Å². The van der Waals surface area contributed by atoms with Crippen LogP contribution in [0.2, 0.25) is 0 Å². The largest absolute Gasteiger partial charge is 0.319 e. The van der Waals surface area contributed by atoms with Gasteiger partial charge >= 0.3 is 0 Å². The van der Waals surface area contributed by atoms with Gasteiger partial charge in [-0.1, -0.05) is 32.9 Å². The van der Waals surface area contributed by atoms with Crippen LogP contribution in [0.4, 0.5) is 5.69 Å². The summed E-state index contributed by atoms with van der Waals surface area (Å²) in [5.74, 6) is -0.0180. The summed E-state index contributed by atoms with van der Waals surface area (Å²) in [6, 6.07) is 7.45. The molecular weight excluding hydrogens is 224 g/mol. The quantitative estimate of drug-likeness (QED) is 0.894. The van der Waals surface area contributed by atoms with Crippen molar-refractivity contribution in [3.8, 4) is 0 Å². The lowest BCUT2D eigenvalue weighted by atomic mass is 9.86. The van der Waals surface area contributed by atoms with Gasteiger partial charge in [0.2, 0.25) is 5.91 Å². The average Bonchev–Trinajstić information content (AvgIpc) is 2.27. The van der Waals surface area contributed by atoms with Crippen LogP contribution in [0.3, 0.4) is 0 Å². The fourth-order valence-electron chi connectivity index (χ4n) is 1.80. The molecule has 0 saturated heterocycles. The Morgan fingerprint density at radius 3 is 2.44 bits per heavy atom. The summed E-state index contributed by atoms with van der Waals surface area (Å²) < 4.78 is 0. The maximum absolute atomic E-state index is 12.4. The zero-order valence-corrected chi connectivity index (χ0v) is 12.0. The molecule has 3 nitrogen and oxygen atoms in total. The third kappa shape index (κ3) is 3.33. The van der Waals surface area contributed by atoms with Gasteiger partial charge in [0, 0.05) is 12.2 Å². The van der Waals surface area contributed by atoms with Crippen molar-refractivity contribution in [1.29, 1.82) is 0 Å². The molecule has 1 aromatic carbocycles. The minimum absolute atomic E-state index is 0.0180. The number of carbonyl (C=O) groups is 1. The number of nitrogens with zero attached hydrogens (tertiary/aromatic N) is 1. The van der Waals surface area contributed by atoms with E-state index in [9.17, 15) is 4.79 Å². The van der Waals surface area contributed by atoms with Crippen molar-refractivity contribution in [3.05, 3.63) is 29.8 Å². The highest BCUT2D eigenvalue weighted by atomic mass is 16.2. The Kier molecular flexibility index (Phi) is 4.52. The van der Waals surface area contributed by atoms with Gasteiger partial charge in [-0.25, -0.2) is 0 Å². The van der Waals surface area contributed by atoms with Crippen LogP contribution in [-0.2, 0) is 4.79 Å². The number of hydrogen-bond acceptors (Lipinski definition) is 2.